The monoisotopic (exact) mass is 196 g/mol. The van der Waals surface area contributed by atoms with E-state index in [9.17, 15) is 5.11 Å². The number of aliphatic hydroxyl groups excluding tert-OH is 1. The summed E-state index contributed by atoms with van der Waals surface area (Å²) in [6.07, 6.45) is 5.26. The van der Waals surface area contributed by atoms with Gasteiger partial charge in [-0.25, -0.2) is 0 Å². The van der Waals surface area contributed by atoms with E-state index in [2.05, 4.69) is 27.4 Å². The van der Waals surface area contributed by atoms with E-state index >= 15 is 0 Å². The van der Waals surface area contributed by atoms with Crippen LogP contribution in [0.3, 0.4) is 0 Å². The number of hydrogen-bond donors (Lipinski definition) is 1. The maximum Gasteiger partial charge on any atom is 0.0576 e. The van der Waals surface area contributed by atoms with E-state index in [4.69, 9.17) is 0 Å². The lowest BCUT2D eigenvalue weighted by molar-refractivity contribution is 0.00362. The first-order chi connectivity index (χ1) is 6.60. The summed E-state index contributed by atoms with van der Waals surface area (Å²) in [6.45, 7) is 10.5. The minimum atomic E-state index is -0.110. The lowest BCUT2D eigenvalue weighted by atomic mass is 9.68. The van der Waals surface area contributed by atoms with E-state index in [0.717, 1.165) is 12.3 Å². The summed E-state index contributed by atoms with van der Waals surface area (Å²) in [5.41, 5.74) is 0. The topological polar surface area (TPSA) is 20.2 Å². The Bertz CT molecular complexity index is 188. The zero-order valence-corrected chi connectivity index (χ0v) is 9.74. The smallest absolute Gasteiger partial charge is 0.0576 e. The molecule has 1 N–H and O–H groups in total. The van der Waals surface area contributed by atoms with Gasteiger partial charge in [0.05, 0.1) is 6.10 Å². The molecule has 5 atom stereocenters. The third-order valence-electron chi connectivity index (χ3n) is 4.06. The van der Waals surface area contributed by atoms with Crippen molar-refractivity contribution in [1.29, 1.82) is 0 Å². The Morgan fingerprint density at radius 3 is 2.64 bits per heavy atom. The van der Waals surface area contributed by atoms with Crippen molar-refractivity contribution in [2.75, 3.05) is 0 Å². The second-order valence-corrected chi connectivity index (χ2v) is 4.94. The summed E-state index contributed by atoms with van der Waals surface area (Å²) >= 11 is 0. The molecule has 14 heavy (non-hydrogen) atoms. The molecule has 0 heterocycles. The van der Waals surface area contributed by atoms with Crippen molar-refractivity contribution in [1.82, 2.24) is 0 Å². The number of hydrogen-bond acceptors (Lipinski definition) is 1. The summed E-state index contributed by atoms with van der Waals surface area (Å²) in [5, 5.41) is 10.0. The minimum Gasteiger partial charge on any atom is -0.393 e. The lowest BCUT2D eigenvalue weighted by Crippen LogP contribution is -2.36. The lowest BCUT2D eigenvalue weighted by Gasteiger charge is -2.39. The molecule has 0 unspecified atom stereocenters. The summed E-state index contributed by atoms with van der Waals surface area (Å²) in [5.74, 6) is 2.37. The number of allylic oxidation sites excluding steroid dienone is 1. The van der Waals surface area contributed by atoms with Gasteiger partial charge in [0.25, 0.3) is 0 Å². The molecule has 0 spiro atoms. The van der Waals surface area contributed by atoms with Gasteiger partial charge in [0.15, 0.2) is 0 Å². The van der Waals surface area contributed by atoms with Crippen LogP contribution >= 0.6 is 0 Å². The molecular weight excluding hydrogens is 172 g/mol. The highest BCUT2D eigenvalue weighted by Gasteiger charge is 2.34. The molecule has 0 radical (unpaired) electrons. The molecular formula is C13H24O. The van der Waals surface area contributed by atoms with Crippen LogP contribution in [0.25, 0.3) is 0 Å². The van der Waals surface area contributed by atoms with E-state index in [-0.39, 0.29) is 6.10 Å². The summed E-state index contributed by atoms with van der Waals surface area (Å²) in [6, 6.07) is 0. The second-order valence-electron chi connectivity index (χ2n) is 4.94. The van der Waals surface area contributed by atoms with Crippen LogP contribution in [0.1, 0.15) is 40.0 Å². The van der Waals surface area contributed by atoms with Gasteiger partial charge in [0, 0.05) is 0 Å². The van der Waals surface area contributed by atoms with Gasteiger partial charge >= 0.3 is 0 Å². The first kappa shape index (κ1) is 11.8. The first-order valence-electron chi connectivity index (χ1n) is 5.90. The van der Waals surface area contributed by atoms with E-state index in [1.165, 1.54) is 12.8 Å². The molecule has 1 heteroatoms. The highest BCUT2D eigenvalue weighted by Crippen LogP contribution is 2.39. The van der Waals surface area contributed by atoms with Crippen LogP contribution in [-0.4, -0.2) is 11.2 Å². The molecule has 0 aromatic rings. The van der Waals surface area contributed by atoms with Gasteiger partial charge in [0.2, 0.25) is 0 Å². The van der Waals surface area contributed by atoms with E-state index in [0.29, 0.717) is 17.8 Å². The molecule has 0 amide bonds. The second kappa shape index (κ2) is 4.97. The molecule has 1 aliphatic carbocycles. The third-order valence-corrected chi connectivity index (χ3v) is 4.06. The average molecular weight is 196 g/mol. The average Bonchev–Trinajstić information content (AvgIpc) is 2.17. The maximum atomic E-state index is 10.0. The fourth-order valence-electron chi connectivity index (χ4n) is 2.80. The fourth-order valence-corrected chi connectivity index (χ4v) is 2.80. The van der Waals surface area contributed by atoms with Crippen LogP contribution in [0.5, 0.6) is 0 Å². The quantitative estimate of drug-likeness (QED) is 0.687. The van der Waals surface area contributed by atoms with Crippen LogP contribution in [0, 0.1) is 23.7 Å². The Morgan fingerprint density at radius 2 is 2.14 bits per heavy atom. The Kier molecular flexibility index (Phi) is 4.18. The van der Waals surface area contributed by atoms with Crippen LogP contribution in [-0.2, 0) is 0 Å². The molecule has 1 fully saturated rings. The Balaban J connectivity index is 2.63. The van der Waals surface area contributed by atoms with Crippen molar-refractivity contribution < 1.29 is 5.11 Å². The predicted molar refractivity (Wildman–Crippen MR) is 61.0 cm³/mol. The van der Waals surface area contributed by atoms with E-state index < -0.39 is 0 Å². The minimum absolute atomic E-state index is 0.110. The summed E-state index contributed by atoms with van der Waals surface area (Å²) < 4.78 is 0. The van der Waals surface area contributed by atoms with Crippen LogP contribution in [0.2, 0.25) is 0 Å². The third kappa shape index (κ3) is 2.38. The van der Waals surface area contributed by atoms with Gasteiger partial charge in [0.1, 0.15) is 0 Å². The van der Waals surface area contributed by atoms with Gasteiger partial charge in [-0.2, -0.15) is 0 Å². The van der Waals surface area contributed by atoms with Gasteiger partial charge in [-0.3, -0.25) is 0 Å². The van der Waals surface area contributed by atoms with Crippen LogP contribution in [0.15, 0.2) is 12.7 Å². The van der Waals surface area contributed by atoms with Crippen molar-refractivity contribution in [3.63, 3.8) is 0 Å². The van der Waals surface area contributed by atoms with E-state index in [1.54, 1.807) is 0 Å². The van der Waals surface area contributed by atoms with Gasteiger partial charge in [-0.15, -0.1) is 6.58 Å². The zero-order chi connectivity index (χ0) is 10.7. The Morgan fingerprint density at radius 1 is 1.50 bits per heavy atom. The molecule has 0 saturated heterocycles. The fraction of sp³-hybridized carbons (Fsp3) is 0.846. The Hall–Kier alpha value is -0.300. The standard InChI is InChI=1S/C13H24O/c1-5-9(3)12-8-11(6-2)10(4)7-13(12)14/h5,9-14H,1,6-8H2,2-4H3/t9-,10-,11+,12+,13+/m1/s1. The van der Waals surface area contributed by atoms with Crippen molar-refractivity contribution in [3.05, 3.63) is 12.7 Å². The molecule has 0 aliphatic heterocycles. The molecule has 1 rings (SSSR count). The molecule has 1 aliphatic rings. The predicted octanol–water partition coefficient (Wildman–Crippen LogP) is 3.24. The van der Waals surface area contributed by atoms with Crippen LogP contribution < -0.4 is 0 Å². The number of aliphatic hydroxyl groups is 1. The van der Waals surface area contributed by atoms with Crippen molar-refractivity contribution in [2.45, 2.75) is 46.1 Å². The van der Waals surface area contributed by atoms with Gasteiger partial charge < -0.3 is 5.11 Å². The Labute approximate surface area is 88.2 Å². The van der Waals surface area contributed by atoms with Crippen molar-refractivity contribution in [3.8, 4) is 0 Å². The zero-order valence-electron chi connectivity index (χ0n) is 9.74. The summed E-state index contributed by atoms with van der Waals surface area (Å²) in [4.78, 5) is 0. The summed E-state index contributed by atoms with van der Waals surface area (Å²) in [7, 11) is 0. The maximum absolute atomic E-state index is 10.0. The molecule has 0 aromatic heterocycles. The van der Waals surface area contributed by atoms with Crippen molar-refractivity contribution in [2.24, 2.45) is 23.7 Å². The van der Waals surface area contributed by atoms with Gasteiger partial charge in [-0.05, 0) is 36.5 Å². The molecule has 1 nitrogen and oxygen atoms in total. The molecule has 1 saturated carbocycles. The molecule has 82 valence electrons. The molecule has 0 aromatic carbocycles. The SMILES string of the molecule is C=C[C@@H](C)[C@@H]1C[C@H](CC)[C@H](C)C[C@@H]1O. The highest BCUT2D eigenvalue weighted by atomic mass is 16.3. The normalized spacial score (nSPS) is 40.6. The number of rotatable bonds is 3. The van der Waals surface area contributed by atoms with Crippen molar-refractivity contribution >= 4 is 0 Å². The molecule has 0 bridgehead atoms. The first-order valence-corrected chi connectivity index (χ1v) is 5.90. The largest absolute Gasteiger partial charge is 0.393 e. The highest BCUT2D eigenvalue weighted by molar-refractivity contribution is 4.91. The van der Waals surface area contributed by atoms with E-state index in [1.807, 2.05) is 6.08 Å². The van der Waals surface area contributed by atoms with Gasteiger partial charge in [-0.1, -0.05) is 33.3 Å². The van der Waals surface area contributed by atoms with Crippen LogP contribution in [0.4, 0.5) is 0 Å².